The molecule has 1 heteroatoms. The van der Waals surface area contributed by atoms with Crippen LogP contribution in [-0.4, -0.2) is 0 Å². The zero-order valence-corrected chi connectivity index (χ0v) is 7.03. The Balaban J connectivity index is 2.40. The molecule has 0 aromatic carbocycles. The standard InChI is InChI=1S/C9H12S/c1-2-3-4-6-9-7-5-8-10-9/h4-8H,2-3H2,1H3. The van der Waals surface area contributed by atoms with Crippen molar-refractivity contribution in [3.8, 4) is 0 Å². The fraction of sp³-hybridized carbons (Fsp3) is 0.333. The Kier molecular flexibility index (Phi) is 3.23. The maximum atomic E-state index is 2.23. The Bertz CT molecular complexity index is 185. The lowest BCUT2D eigenvalue weighted by Crippen LogP contribution is -1.60. The summed E-state index contributed by atoms with van der Waals surface area (Å²) in [6, 6.07) is 4.22. The molecule has 0 atom stereocenters. The fourth-order valence-electron chi connectivity index (χ4n) is 0.752. The number of allylic oxidation sites excluding steroid dienone is 1. The van der Waals surface area contributed by atoms with E-state index >= 15 is 0 Å². The topological polar surface area (TPSA) is 0 Å². The minimum atomic E-state index is 1.19. The molecule has 1 rings (SSSR count). The highest BCUT2D eigenvalue weighted by Crippen LogP contribution is 2.10. The summed E-state index contributed by atoms with van der Waals surface area (Å²) in [7, 11) is 0. The Morgan fingerprint density at radius 3 is 3.10 bits per heavy atom. The Morgan fingerprint density at radius 2 is 2.50 bits per heavy atom. The first-order valence-electron chi connectivity index (χ1n) is 3.63. The van der Waals surface area contributed by atoms with Crippen molar-refractivity contribution in [2.75, 3.05) is 0 Å². The van der Waals surface area contributed by atoms with Crippen LogP contribution in [0.5, 0.6) is 0 Å². The van der Waals surface area contributed by atoms with Gasteiger partial charge in [0.15, 0.2) is 0 Å². The van der Waals surface area contributed by atoms with Crippen molar-refractivity contribution < 1.29 is 0 Å². The second kappa shape index (κ2) is 4.29. The lowest BCUT2D eigenvalue weighted by Gasteiger charge is -1.82. The summed E-state index contributed by atoms with van der Waals surface area (Å²) in [4.78, 5) is 1.36. The average Bonchev–Trinajstić information content (AvgIpc) is 2.41. The largest absolute Gasteiger partial charge is 0.144 e. The van der Waals surface area contributed by atoms with Gasteiger partial charge in [0.1, 0.15) is 0 Å². The van der Waals surface area contributed by atoms with Gasteiger partial charge in [-0.05, 0) is 23.9 Å². The molecule has 0 aliphatic rings. The molecule has 0 N–H and O–H groups in total. The van der Waals surface area contributed by atoms with Crippen LogP contribution >= 0.6 is 11.3 Å². The lowest BCUT2D eigenvalue weighted by atomic mass is 10.3. The smallest absolute Gasteiger partial charge is 0.0267 e. The van der Waals surface area contributed by atoms with E-state index in [9.17, 15) is 0 Å². The zero-order valence-electron chi connectivity index (χ0n) is 6.21. The molecule has 0 spiro atoms. The van der Waals surface area contributed by atoms with E-state index in [1.165, 1.54) is 17.7 Å². The van der Waals surface area contributed by atoms with E-state index < -0.39 is 0 Å². The van der Waals surface area contributed by atoms with E-state index in [4.69, 9.17) is 0 Å². The first kappa shape index (κ1) is 7.55. The van der Waals surface area contributed by atoms with Gasteiger partial charge in [-0.3, -0.25) is 0 Å². The minimum Gasteiger partial charge on any atom is -0.144 e. The van der Waals surface area contributed by atoms with Gasteiger partial charge in [-0.25, -0.2) is 0 Å². The first-order valence-corrected chi connectivity index (χ1v) is 4.51. The first-order chi connectivity index (χ1) is 4.93. The van der Waals surface area contributed by atoms with E-state index in [0.717, 1.165) is 0 Å². The Labute approximate surface area is 66.2 Å². The number of thiophene rings is 1. The van der Waals surface area contributed by atoms with Crippen molar-refractivity contribution in [3.05, 3.63) is 28.5 Å². The fourth-order valence-corrected chi connectivity index (χ4v) is 1.40. The van der Waals surface area contributed by atoms with Crippen LogP contribution in [0.1, 0.15) is 24.6 Å². The second-order valence-corrected chi connectivity index (χ2v) is 3.19. The summed E-state index contributed by atoms with van der Waals surface area (Å²) in [6.45, 7) is 2.19. The Hall–Kier alpha value is -0.560. The van der Waals surface area contributed by atoms with Gasteiger partial charge in [0, 0.05) is 4.88 Å². The van der Waals surface area contributed by atoms with Crippen LogP contribution in [0, 0.1) is 0 Å². The molecule has 0 saturated heterocycles. The quantitative estimate of drug-likeness (QED) is 0.621. The van der Waals surface area contributed by atoms with E-state index in [-0.39, 0.29) is 0 Å². The molecular weight excluding hydrogens is 140 g/mol. The third kappa shape index (κ3) is 2.36. The predicted octanol–water partition coefficient (Wildman–Crippen LogP) is 3.56. The molecular formula is C9H12S. The number of hydrogen-bond acceptors (Lipinski definition) is 1. The van der Waals surface area contributed by atoms with Crippen molar-refractivity contribution in [2.24, 2.45) is 0 Å². The monoisotopic (exact) mass is 152 g/mol. The van der Waals surface area contributed by atoms with E-state index in [2.05, 4.69) is 36.6 Å². The normalized spacial score (nSPS) is 10.9. The van der Waals surface area contributed by atoms with Gasteiger partial charge in [0.2, 0.25) is 0 Å². The third-order valence-electron chi connectivity index (χ3n) is 1.28. The summed E-state index contributed by atoms with van der Waals surface area (Å²) in [5.41, 5.74) is 0. The number of rotatable bonds is 3. The highest BCUT2D eigenvalue weighted by molar-refractivity contribution is 7.10. The molecule has 1 heterocycles. The third-order valence-corrected chi connectivity index (χ3v) is 2.12. The van der Waals surface area contributed by atoms with Crippen molar-refractivity contribution in [1.82, 2.24) is 0 Å². The molecule has 0 aliphatic heterocycles. The van der Waals surface area contributed by atoms with Gasteiger partial charge in [-0.1, -0.05) is 25.5 Å². The molecule has 10 heavy (non-hydrogen) atoms. The van der Waals surface area contributed by atoms with Crippen LogP contribution in [0.2, 0.25) is 0 Å². The Morgan fingerprint density at radius 1 is 1.60 bits per heavy atom. The van der Waals surface area contributed by atoms with E-state index in [1.54, 1.807) is 11.3 Å². The lowest BCUT2D eigenvalue weighted by molar-refractivity contribution is 0.962. The highest BCUT2D eigenvalue weighted by atomic mass is 32.1. The van der Waals surface area contributed by atoms with Gasteiger partial charge >= 0.3 is 0 Å². The van der Waals surface area contributed by atoms with Gasteiger partial charge in [0.25, 0.3) is 0 Å². The zero-order chi connectivity index (χ0) is 7.23. The molecule has 0 bridgehead atoms. The van der Waals surface area contributed by atoms with Gasteiger partial charge in [0.05, 0.1) is 0 Å². The van der Waals surface area contributed by atoms with Crippen LogP contribution in [0.3, 0.4) is 0 Å². The summed E-state index contributed by atoms with van der Waals surface area (Å²) >= 11 is 1.79. The van der Waals surface area contributed by atoms with Crippen molar-refractivity contribution >= 4 is 17.4 Å². The minimum absolute atomic E-state index is 1.19. The summed E-state index contributed by atoms with van der Waals surface area (Å²) in [5, 5.41) is 2.10. The van der Waals surface area contributed by atoms with E-state index in [0.29, 0.717) is 0 Å². The summed E-state index contributed by atoms with van der Waals surface area (Å²) in [5.74, 6) is 0. The van der Waals surface area contributed by atoms with Gasteiger partial charge < -0.3 is 0 Å². The molecule has 0 unspecified atom stereocenters. The van der Waals surface area contributed by atoms with Crippen LogP contribution in [0.4, 0.5) is 0 Å². The molecule has 1 aromatic rings. The van der Waals surface area contributed by atoms with Crippen molar-refractivity contribution in [3.63, 3.8) is 0 Å². The molecule has 0 nitrogen and oxygen atoms in total. The van der Waals surface area contributed by atoms with Crippen LogP contribution in [0.15, 0.2) is 23.6 Å². The van der Waals surface area contributed by atoms with Crippen LogP contribution in [-0.2, 0) is 0 Å². The second-order valence-electron chi connectivity index (χ2n) is 2.21. The molecule has 0 radical (unpaired) electrons. The molecule has 0 aliphatic carbocycles. The predicted molar refractivity (Wildman–Crippen MR) is 48.3 cm³/mol. The summed E-state index contributed by atoms with van der Waals surface area (Å²) in [6.07, 6.45) is 6.85. The molecule has 0 saturated carbocycles. The SMILES string of the molecule is CCCC=Cc1cccs1. The van der Waals surface area contributed by atoms with E-state index in [1.807, 2.05) is 0 Å². The van der Waals surface area contributed by atoms with Gasteiger partial charge in [-0.15, -0.1) is 11.3 Å². The average molecular weight is 152 g/mol. The maximum absolute atomic E-state index is 2.23. The van der Waals surface area contributed by atoms with Gasteiger partial charge in [-0.2, -0.15) is 0 Å². The van der Waals surface area contributed by atoms with Crippen LogP contribution < -0.4 is 0 Å². The van der Waals surface area contributed by atoms with Crippen LogP contribution in [0.25, 0.3) is 6.08 Å². The molecule has 0 amide bonds. The molecule has 0 fully saturated rings. The maximum Gasteiger partial charge on any atom is 0.0267 e. The highest BCUT2D eigenvalue weighted by Gasteiger charge is 1.82. The van der Waals surface area contributed by atoms with Crippen molar-refractivity contribution in [1.29, 1.82) is 0 Å². The number of hydrogen-bond donors (Lipinski definition) is 0. The molecule has 54 valence electrons. The number of unbranched alkanes of at least 4 members (excludes halogenated alkanes) is 1. The molecule has 1 aromatic heterocycles. The van der Waals surface area contributed by atoms with Crippen molar-refractivity contribution in [2.45, 2.75) is 19.8 Å². The summed E-state index contributed by atoms with van der Waals surface area (Å²) < 4.78 is 0.